The molecule has 5 nitrogen and oxygen atoms in total. The summed E-state index contributed by atoms with van der Waals surface area (Å²) in [4.78, 5) is 24.4. The summed E-state index contributed by atoms with van der Waals surface area (Å²) >= 11 is 1.97. The van der Waals surface area contributed by atoms with Crippen molar-refractivity contribution in [2.75, 3.05) is 6.54 Å². The number of halogens is 1. The van der Waals surface area contributed by atoms with E-state index in [1.54, 1.807) is 12.1 Å². The molecule has 0 aliphatic rings. The highest BCUT2D eigenvalue weighted by Crippen LogP contribution is 2.21. The average Bonchev–Trinajstić information content (AvgIpc) is 2.31. The Morgan fingerprint density at radius 1 is 1.37 bits per heavy atom. The molecule has 1 amide bonds. The predicted octanol–water partition coefficient (Wildman–Crippen LogP) is 2.32. The molecule has 0 aromatic heterocycles. The van der Waals surface area contributed by atoms with Gasteiger partial charge in [0.25, 0.3) is 5.91 Å². The van der Waals surface area contributed by atoms with Crippen LogP contribution in [0.3, 0.4) is 0 Å². The zero-order valence-corrected chi connectivity index (χ0v) is 12.9. The van der Waals surface area contributed by atoms with Crippen LogP contribution in [0.2, 0.25) is 0 Å². The fraction of sp³-hybridized carbons (Fsp3) is 0.385. The van der Waals surface area contributed by atoms with Crippen LogP contribution in [-0.4, -0.2) is 39.6 Å². The number of aromatic hydroxyl groups is 1. The smallest absolute Gasteiger partial charge is 0.305 e. The Kier molecular flexibility index (Phi) is 5.59. The molecule has 0 bridgehead atoms. The van der Waals surface area contributed by atoms with Crippen LogP contribution >= 0.6 is 22.6 Å². The van der Waals surface area contributed by atoms with Gasteiger partial charge in [0.15, 0.2) is 0 Å². The van der Waals surface area contributed by atoms with E-state index < -0.39 is 5.97 Å². The van der Waals surface area contributed by atoms with Crippen molar-refractivity contribution < 1.29 is 19.8 Å². The summed E-state index contributed by atoms with van der Waals surface area (Å²) < 4.78 is 0.663. The molecule has 0 saturated carbocycles. The highest BCUT2D eigenvalue weighted by atomic mass is 127. The van der Waals surface area contributed by atoms with E-state index in [2.05, 4.69) is 0 Å². The zero-order valence-electron chi connectivity index (χ0n) is 10.8. The van der Waals surface area contributed by atoms with Crippen LogP contribution in [0.15, 0.2) is 18.2 Å². The summed E-state index contributed by atoms with van der Waals surface area (Å²) in [6.45, 7) is 3.80. The second kappa shape index (κ2) is 6.74. The quantitative estimate of drug-likeness (QED) is 0.773. The summed E-state index contributed by atoms with van der Waals surface area (Å²) in [5, 5.41) is 18.3. The van der Waals surface area contributed by atoms with E-state index in [0.29, 0.717) is 9.13 Å². The third-order valence-electron chi connectivity index (χ3n) is 2.64. The third-order valence-corrected chi connectivity index (χ3v) is 3.56. The number of benzene rings is 1. The SMILES string of the molecule is CC(C)N(CCC(=O)O)C(=O)c1ccc(I)c(O)c1. The van der Waals surface area contributed by atoms with Crippen molar-refractivity contribution in [3.05, 3.63) is 27.3 Å². The lowest BCUT2D eigenvalue weighted by atomic mass is 10.1. The number of nitrogens with zero attached hydrogens (tertiary/aromatic N) is 1. The Morgan fingerprint density at radius 3 is 2.47 bits per heavy atom. The second-order valence-corrected chi connectivity index (χ2v) is 5.56. The summed E-state index contributed by atoms with van der Waals surface area (Å²) in [6.07, 6.45) is -0.0970. The number of amides is 1. The molecule has 6 heteroatoms. The van der Waals surface area contributed by atoms with Crippen molar-refractivity contribution in [3.8, 4) is 5.75 Å². The normalized spacial score (nSPS) is 10.5. The molecule has 104 valence electrons. The maximum atomic E-state index is 12.3. The number of rotatable bonds is 5. The van der Waals surface area contributed by atoms with Crippen LogP contribution in [0.5, 0.6) is 5.75 Å². The van der Waals surface area contributed by atoms with Gasteiger partial charge in [-0.2, -0.15) is 0 Å². The molecule has 19 heavy (non-hydrogen) atoms. The number of hydrogen-bond acceptors (Lipinski definition) is 3. The molecule has 1 aromatic carbocycles. The molecule has 0 aliphatic heterocycles. The van der Waals surface area contributed by atoms with E-state index in [-0.39, 0.29) is 30.7 Å². The van der Waals surface area contributed by atoms with Crippen LogP contribution in [0, 0.1) is 3.57 Å². The van der Waals surface area contributed by atoms with Crippen molar-refractivity contribution in [1.29, 1.82) is 0 Å². The number of carboxylic acids is 1. The number of phenols is 1. The van der Waals surface area contributed by atoms with Gasteiger partial charge in [-0.25, -0.2) is 0 Å². The topological polar surface area (TPSA) is 77.8 Å². The number of aliphatic carboxylic acids is 1. The van der Waals surface area contributed by atoms with E-state index in [1.807, 2.05) is 36.4 Å². The highest BCUT2D eigenvalue weighted by molar-refractivity contribution is 14.1. The first-order chi connectivity index (χ1) is 8.82. The monoisotopic (exact) mass is 377 g/mol. The van der Waals surface area contributed by atoms with Crippen molar-refractivity contribution in [3.63, 3.8) is 0 Å². The Bertz CT molecular complexity index is 488. The van der Waals surface area contributed by atoms with Gasteiger partial charge >= 0.3 is 5.97 Å². The molecule has 0 aliphatic carbocycles. The molecule has 0 heterocycles. The Morgan fingerprint density at radius 2 is 2.00 bits per heavy atom. The van der Waals surface area contributed by atoms with Gasteiger partial charge < -0.3 is 15.1 Å². The van der Waals surface area contributed by atoms with Crippen LogP contribution in [-0.2, 0) is 4.79 Å². The zero-order chi connectivity index (χ0) is 14.6. The Labute approximate surface area is 125 Å². The van der Waals surface area contributed by atoms with Crippen molar-refractivity contribution >= 4 is 34.5 Å². The van der Waals surface area contributed by atoms with Gasteiger partial charge in [0, 0.05) is 18.2 Å². The first kappa shape index (κ1) is 15.7. The molecule has 2 N–H and O–H groups in total. The van der Waals surface area contributed by atoms with E-state index in [0.717, 1.165) is 0 Å². The van der Waals surface area contributed by atoms with E-state index in [9.17, 15) is 14.7 Å². The molecular weight excluding hydrogens is 361 g/mol. The lowest BCUT2D eigenvalue weighted by molar-refractivity contribution is -0.137. The second-order valence-electron chi connectivity index (χ2n) is 4.40. The maximum absolute atomic E-state index is 12.3. The average molecular weight is 377 g/mol. The van der Waals surface area contributed by atoms with Gasteiger partial charge in [0.1, 0.15) is 5.75 Å². The molecule has 0 fully saturated rings. The first-order valence-corrected chi connectivity index (χ1v) is 6.92. The molecule has 0 unspecified atom stereocenters. The van der Waals surface area contributed by atoms with Gasteiger partial charge in [-0.15, -0.1) is 0 Å². The minimum atomic E-state index is -0.941. The van der Waals surface area contributed by atoms with E-state index >= 15 is 0 Å². The number of carboxylic acid groups (broad SMARTS) is 1. The van der Waals surface area contributed by atoms with Crippen LogP contribution in [0.25, 0.3) is 0 Å². The molecule has 0 saturated heterocycles. The third kappa shape index (κ3) is 4.38. The highest BCUT2D eigenvalue weighted by Gasteiger charge is 2.20. The molecule has 0 atom stereocenters. The van der Waals surface area contributed by atoms with Crippen molar-refractivity contribution in [1.82, 2.24) is 4.90 Å². The molecule has 0 spiro atoms. The summed E-state index contributed by atoms with van der Waals surface area (Å²) in [5.74, 6) is -1.17. The van der Waals surface area contributed by atoms with Crippen LogP contribution in [0.4, 0.5) is 0 Å². The molecular formula is C13H16INO4. The van der Waals surface area contributed by atoms with Crippen molar-refractivity contribution in [2.45, 2.75) is 26.3 Å². The number of phenolic OH excluding ortho intramolecular Hbond substituents is 1. The maximum Gasteiger partial charge on any atom is 0.305 e. The standard InChI is InChI=1S/C13H16INO4/c1-8(2)15(6-5-12(17)18)13(19)9-3-4-10(14)11(16)7-9/h3-4,7-8,16H,5-6H2,1-2H3,(H,17,18). The number of carbonyl (C=O) groups is 2. The summed E-state index contributed by atoms with van der Waals surface area (Å²) in [6, 6.07) is 4.58. The van der Waals surface area contributed by atoms with Crippen LogP contribution < -0.4 is 0 Å². The lowest BCUT2D eigenvalue weighted by Crippen LogP contribution is -2.38. The minimum Gasteiger partial charge on any atom is -0.507 e. The van der Waals surface area contributed by atoms with Crippen LogP contribution in [0.1, 0.15) is 30.6 Å². The Hall–Kier alpha value is -1.31. The van der Waals surface area contributed by atoms with Gasteiger partial charge in [-0.1, -0.05) is 0 Å². The molecule has 1 aromatic rings. The largest absolute Gasteiger partial charge is 0.507 e. The Balaban J connectivity index is 2.92. The fourth-order valence-electron chi connectivity index (χ4n) is 1.62. The number of carbonyl (C=O) groups excluding carboxylic acids is 1. The fourth-order valence-corrected chi connectivity index (χ4v) is 1.96. The van der Waals surface area contributed by atoms with E-state index in [1.165, 1.54) is 11.0 Å². The van der Waals surface area contributed by atoms with Crippen molar-refractivity contribution in [2.24, 2.45) is 0 Å². The van der Waals surface area contributed by atoms with Gasteiger partial charge in [0.2, 0.25) is 0 Å². The lowest BCUT2D eigenvalue weighted by Gasteiger charge is -2.26. The van der Waals surface area contributed by atoms with Gasteiger partial charge in [-0.05, 0) is 54.6 Å². The number of hydrogen-bond donors (Lipinski definition) is 2. The predicted molar refractivity (Wildman–Crippen MR) is 79.2 cm³/mol. The van der Waals surface area contributed by atoms with Gasteiger partial charge in [-0.3, -0.25) is 9.59 Å². The minimum absolute atomic E-state index is 0.0494. The van der Waals surface area contributed by atoms with E-state index in [4.69, 9.17) is 5.11 Å². The molecule has 1 rings (SSSR count). The van der Waals surface area contributed by atoms with Gasteiger partial charge in [0.05, 0.1) is 9.99 Å². The summed E-state index contributed by atoms with van der Waals surface area (Å²) in [5.41, 5.74) is 0.358. The molecule has 0 radical (unpaired) electrons. The summed E-state index contributed by atoms with van der Waals surface area (Å²) in [7, 11) is 0. The first-order valence-electron chi connectivity index (χ1n) is 5.84.